The minimum Gasteiger partial charge on any atom is -0.388 e. The Labute approximate surface area is 99.6 Å². The number of aliphatic hydroxyl groups is 2. The SMILES string of the molecule is CC(C)C(NC(N)=O)C(=O)N1CC(O)C(O)C1. The van der Waals surface area contributed by atoms with Crippen LogP contribution in [0.15, 0.2) is 0 Å². The molecule has 5 N–H and O–H groups in total. The average Bonchev–Trinajstić information content (AvgIpc) is 2.54. The molecule has 1 saturated heterocycles. The largest absolute Gasteiger partial charge is 0.388 e. The standard InChI is InChI=1S/C10H19N3O4/c1-5(2)8(12-10(11)17)9(16)13-3-6(14)7(15)4-13/h5-8,14-15H,3-4H2,1-2H3,(H3,11,12,17). The number of carbonyl (C=O) groups excluding carboxylic acids is 2. The van der Waals surface area contributed by atoms with Gasteiger partial charge in [-0.15, -0.1) is 0 Å². The lowest BCUT2D eigenvalue weighted by atomic mass is 10.0. The molecule has 1 heterocycles. The summed E-state index contributed by atoms with van der Waals surface area (Å²) in [6.45, 7) is 3.70. The van der Waals surface area contributed by atoms with E-state index in [2.05, 4.69) is 5.32 Å². The molecule has 98 valence electrons. The molecule has 1 aliphatic heterocycles. The third kappa shape index (κ3) is 3.31. The van der Waals surface area contributed by atoms with Crippen molar-refractivity contribution >= 4 is 11.9 Å². The Bertz CT molecular complexity index is 298. The van der Waals surface area contributed by atoms with Crippen LogP contribution in [0, 0.1) is 5.92 Å². The molecule has 17 heavy (non-hydrogen) atoms. The van der Waals surface area contributed by atoms with Gasteiger partial charge in [0, 0.05) is 13.1 Å². The van der Waals surface area contributed by atoms with Crippen LogP contribution in [0.2, 0.25) is 0 Å². The Kier molecular flexibility index (Phi) is 4.30. The maximum Gasteiger partial charge on any atom is 0.312 e. The van der Waals surface area contributed by atoms with E-state index in [9.17, 15) is 19.8 Å². The summed E-state index contributed by atoms with van der Waals surface area (Å²) in [6, 6.07) is -1.50. The van der Waals surface area contributed by atoms with Crippen molar-refractivity contribution in [2.24, 2.45) is 11.7 Å². The summed E-state index contributed by atoms with van der Waals surface area (Å²) in [5.74, 6) is -0.459. The van der Waals surface area contributed by atoms with Crippen molar-refractivity contribution in [2.45, 2.75) is 32.1 Å². The van der Waals surface area contributed by atoms with Crippen LogP contribution < -0.4 is 11.1 Å². The van der Waals surface area contributed by atoms with Crippen molar-refractivity contribution in [3.8, 4) is 0 Å². The number of primary amides is 1. The Balaban J connectivity index is 2.69. The summed E-state index contributed by atoms with van der Waals surface area (Å²) in [7, 11) is 0. The van der Waals surface area contributed by atoms with Gasteiger partial charge in [0.05, 0.1) is 12.2 Å². The highest BCUT2D eigenvalue weighted by Crippen LogP contribution is 2.14. The summed E-state index contributed by atoms with van der Waals surface area (Å²) in [5, 5.41) is 21.1. The Morgan fingerprint density at radius 3 is 2.12 bits per heavy atom. The fourth-order valence-electron chi connectivity index (χ4n) is 1.81. The highest BCUT2D eigenvalue weighted by atomic mass is 16.3. The van der Waals surface area contributed by atoms with Crippen LogP contribution in [0.4, 0.5) is 4.79 Å². The van der Waals surface area contributed by atoms with Crippen molar-refractivity contribution in [1.82, 2.24) is 10.2 Å². The van der Waals surface area contributed by atoms with Crippen LogP contribution >= 0.6 is 0 Å². The van der Waals surface area contributed by atoms with Crippen LogP contribution in [-0.4, -0.2) is 58.4 Å². The average molecular weight is 245 g/mol. The van der Waals surface area contributed by atoms with E-state index in [0.29, 0.717) is 0 Å². The van der Waals surface area contributed by atoms with Gasteiger partial charge < -0.3 is 26.2 Å². The second-order valence-electron chi connectivity index (χ2n) is 4.61. The van der Waals surface area contributed by atoms with E-state index in [0.717, 1.165) is 0 Å². The van der Waals surface area contributed by atoms with E-state index >= 15 is 0 Å². The molecule has 0 saturated carbocycles. The molecule has 7 heteroatoms. The molecule has 3 unspecified atom stereocenters. The summed E-state index contributed by atoms with van der Waals surface area (Å²) >= 11 is 0. The van der Waals surface area contributed by atoms with Crippen molar-refractivity contribution in [2.75, 3.05) is 13.1 Å². The molecule has 1 aliphatic rings. The lowest BCUT2D eigenvalue weighted by Crippen LogP contribution is -2.52. The van der Waals surface area contributed by atoms with Gasteiger partial charge in [-0.3, -0.25) is 4.79 Å². The zero-order chi connectivity index (χ0) is 13.2. The van der Waals surface area contributed by atoms with E-state index in [1.807, 2.05) is 0 Å². The highest BCUT2D eigenvalue weighted by molar-refractivity contribution is 5.87. The molecule has 3 atom stereocenters. The number of urea groups is 1. The van der Waals surface area contributed by atoms with Crippen LogP contribution in [0.1, 0.15) is 13.8 Å². The molecule has 0 aromatic rings. The van der Waals surface area contributed by atoms with E-state index in [-0.39, 0.29) is 24.9 Å². The van der Waals surface area contributed by atoms with Gasteiger partial charge in [0.15, 0.2) is 0 Å². The van der Waals surface area contributed by atoms with Gasteiger partial charge in [0.1, 0.15) is 6.04 Å². The molecular weight excluding hydrogens is 226 g/mol. The van der Waals surface area contributed by atoms with Crippen LogP contribution in [0.3, 0.4) is 0 Å². The van der Waals surface area contributed by atoms with Crippen LogP contribution in [0.25, 0.3) is 0 Å². The normalized spacial score (nSPS) is 26.1. The molecule has 0 aliphatic carbocycles. The minimum absolute atomic E-state index is 0.0731. The van der Waals surface area contributed by atoms with Gasteiger partial charge in [0.25, 0.3) is 0 Å². The first kappa shape index (κ1) is 13.7. The number of likely N-dealkylation sites (tertiary alicyclic amines) is 1. The lowest BCUT2D eigenvalue weighted by Gasteiger charge is -2.25. The van der Waals surface area contributed by atoms with Crippen molar-refractivity contribution in [1.29, 1.82) is 0 Å². The molecule has 0 aromatic carbocycles. The number of hydrogen-bond donors (Lipinski definition) is 4. The maximum absolute atomic E-state index is 12.0. The van der Waals surface area contributed by atoms with Gasteiger partial charge in [-0.05, 0) is 5.92 Å². The van der Waals surface area contributed by atoms with E-state index in [1.165, 1.54) is 4.90 Å². The molecule has 1 fully saturated rings. The van der Waals surface area contributed by atoms with Gasteiger partial charge >= 0.3 is 6.03 Å². The number of rotatable bonds is 3. The van der Waals surface area contributed by atoms with Crippen molar-refractivity contribution in [3.63, 3.8) is 0 Å². The molecular formula is C10H19N3O4. The monoisotopic (exact) mass is 245 g/mol. The van der Waals surface area contributed by atoms with Crippen LogP contribution in [-0.2, 0) is 4.79 Å². The summed E-state index contributed by atoms with van der Waals surface area (Å²) in [6.07, 6.45) is -1.86. The maximum atomic E-state index is 12.0. The number of hydrogen-bond acceptors (Lipinski definition) is 4. The molecule has 3 amide bonds. The zero-order valence-electron chi connectivity index (χ0n) is 9.96. The fraction of sp³-hybridized carbons (Fsp3) is 0.800. The third-order valence-electron chi connectivity index (χ3n) is 2.80. The lowest BCUT2D eigenvalue weighted by molar-refractivity contribution is -0.133. The third-order valence-corrected chi connectivity index (χ3v) is 2.80. The Morgan fingerprint density at radius 1 is 1.29 bits per heavy atom. The number of aliphatic hydroxyl groups excluding tert-OH is 2. The fourth-order valence-corrected chi connectivity index (χ4v) is 1.81. The second kappa shape index (κ2) is 5.33. The summed E-state index contributed by atoms with van der Waals surface area (Å²) in [5.41, 5.74) is 5.00. The molecule has 0 bridgehead atoms. The highest BCUT2D eigenvalue weighted by Gasteiger charge is 2.36. The first-order chi connectivity index (χ1) is 7.82. The van der Waals surface area contributed by atoms with Crippen molar-refractivity contribution in [3.05, 3.63) is 0 Å². The first-order valence-corrected chi connectivity index (χ1v) is 5.53. The number of nitrogens with two attached hydrogens (primary N) is 1. The predicted molar refractivity (Wildman–Crippen MR) is 59.9 cm³/mol. The zero-order valence-corrected chi connectivity index (χ0v) is 9.96. The van der Waals surface area contributed by atoms with Gasteiger partial charge in [-0.1, -0.05) is 13.8 Å². The second-order valence-corrected chi connectivity index (χ2v) is 4.61. The minimum atomic E-state index is -0.930. The first-order valence-electron chi connectivity index (χ1n) is 5.53. The van der Waals surface area contributed by atoms with Crippen LogP contribution in [0.5, 0.6) is 0 Å². The Hall–Kier alpha value is -1.34. The smallest absolute Gasteiger partial charge is 0.312 e. The topological polar surface area (TPSA) is 116 Å². The molecule has 0 spiro atoms. The number of amides is 3. The number of carbonyl (C=O) groups is 2. The Morgan fingerprint density at radius 2 is 1.76 bits per heavy atom. The number of nitrogens with zero attached hydrogens (tertiary/aromatic N) is 1. The van der Waals surface area contributed by atoms with E-state index in [4.69, 9.17) is 5.73 Å². The molecule has 7 nitrogen and oxygen atoms in total. The van der Waals surface area contributed by atoms with Gasteiger partial charge in [0.2, 0.25) is 5.91 Å². The summed E-state index contributed by atoms with van der Waals surface area (Å²) in [4.78, 5) is 24.2. The predicted octanol–water partition coefficient (Wildman–Crippen LogP) is -1.76. The quantitative estimate of drug-likeness (QED) is 0.471. The van der Waals surface area contributed by atoms with Crippen molar-refractivity contribution < 1.29 is 19.8 Å². The molecule has 1 rings (SSSR count). The molecule has 0 aromatic heterocycles. The van der Waals surface area contributed by atoms with E-state index in [1.54, 1.807) is 13.8 Å². The summed E-state index contributed by atoms with van der Waals surface area (Å²) < 4.78 is 0. The van der Waals surface area contributed by atoms with Gasteiger partial charge in [-0.25, -0.2) is 4.79 Å². The van der Waals surface area contributed by atoms with Gasteiger partial charge in [-0.2, -0.15) is 0 Å². The number of nitrogens with one attached hydrogen (secondary N) is 1. The van der Waals surface area contributed by atoms with E-state index < -0.39 is 24.3 Å². The number of β-amino-alcohol motifs (C(OH)–C–C–N with tert-alkyl or cyclic N) is 2. The molecule has 0 radical (unpaired) electrons.